The molecule has 0 unspecified atom stereocenters. The molecule has 1 aromatic heterocycles. The summed E-state index contributed by atoms with van der Waals surface area (Å²) in [4.78, 5) is 27.7. The molecular formula is C24H28ClN5O. The zero-order valence-corrected chi connectivity index (χ0v) is 18.6. The summed E-state index contributed by atoms with van der Waals surface area (Å²) < 4.78 is 0. The second-order valence-corrected chi connectivity index (χ2v) is 8.98. The number of halogens is 1. The van der Waals surface area contributed by atoms with E-state index in [0.29, 0.717) is 10.9 Å². The number of nitrogens with one attached hydrogen (secondary N) is 1. The van der Waals surface area contributed by atoms with Crippen LogP contribution in [0.1, 0.15) is 19.3 Å². The molecule has 2 aromatic carbocycles. The van der Waals surface area contributed by atoms with Gasteiger partial charge in [0.2, 0.25) is 5.91 Å². The molecule has 31 heavy (non-hydrogen) atoms. The summed E-state index contributed by atoms with van der Waals surface area (Å²) in [7, 11) is 2.06. The second kappa shape index (κ2) is 8.52. The van der Waals surface area contributed by atoms with Gasteiger partial charge in [0, 0.05) is 37.4 Å². The summed E-state index contributed by atoms with van der Waals surface area (Å²) in [6, 6.07) is 14.2. The van der Waals surface area contributed by atoms with Crippen molar-refractivity contribution in [2.75, 3.05) is 44.7 Å². The standard InChI is InChI=1S/C24H28ClN5O/c1-28-11-4-8-22(28)24(31)30-13-5-12-29(14-15-30)17-9-10-19(25)18(16-17)23-26-20-6-2-3-7-21(20)27-23/h2-3,6-7,9-10,16,22H,4-5,8,11-15H2,1H3,(H,26,27)/t22-/m1/s1. The van der Waals surface area contributed by atoms with Crippen molar-refractivity contribution in [3.63, 3.8) is 0 Å². The number of rotatable bonds is 3. The van der Waals surface area contributed by atoms with E-state index in [-0.39, 0.29) is 6.04 Å². The number of amides is 1. The Hall–Kier alpha value is -2.57. The van der Waals surface area contributed by atoms with Gasteiger partial charge in [0.15, 0.2) is 0 Å². The van der Waals surface area contributed by atoms with Crippen molar-refractivity contribution < 1.29 is 4.79 Å². The van der Waals surface area contributed by atoms with Crippen molar-refractivity contribution in [3.05, 3.63) is 47.5 Å². The third kappa shape index (κ3) is 4.02. The van der Waals surface area contributed by atoms with Crippen LogP contribution in [-0.2, 0) is 4.79 Å². The largest absolute Gasteiger partial charge is 0.370 e. The van der Waals surface area contributed by atoms with Gasteiger partial charge in [-0.15, -0.1) is 0 Å². The molecule has 7 heteroatoms. The predicted octanol–water partition coefficient (Wildman–Crippen LogP) is 4.02. The molecule has 1 amide bonds. The number of hydrogen-bond acceptors (Lipinski definition) is 4. The van der Waals surface area contributed by atoms with Crippen molar-refractivity contribution in [2.45, 2.75) is 25.3 Å². The first-order valence-electron chi connectivity index (χ1n) is 11.1. The highest BCUT2D eigenvalue weighted by atomic mass is 35.5. The van der Waals surface area contributed by atoms with E-state index < -0.39 is 0 Å². The van der Waals surface area contributed by atoms with Crippen LogP contribution in [0, 0.1) is 0 Å². The smallest absolute Gasteiger partial charge is 0.239 e. The lowest BCUT2D eigenvalue weighted by atomic mass is 10.1. The van der Waals surface area contributed by atoms with Crippen LogP contribution in [0.25, 0.3) is 22.4 Å². The zero-order valence-electron chi connectivity index (χ0n) is 17.9. The zero-order chi connectivity index (χ0) is 21.4. The van der Waals surface area contributed by atoms with Gasteiger partial charge in [0.05, 0.1) is 22.1 Å². The Labute approximate surface area is 187 Å². The lowest BCUT2D eigenvalue weighted by Gasteiger charge is -2.28. The van der Waals surface area contributed by atoms with Gasteiger partial charge in [-0.1, -0.05) is 23.7 Å². The fourth-order valence-corrected chi connectivity index (χ4v) is 5.01. The highest BCUT2D eigenvalue weighted by Crippen LogP contribution is 2.32. The van der Waals surface area contributed by atoms with Gasteiger partial charge in [-0.05, 0) is 63.2 Å². The molecule has 3 aromatic rings. The number of aromatic amines is 1. The van der Waals surface area contributed by atoms with Gasteiger partial charge < -0.3 is 14.8 Å². The van der Waals surface area contributed by atoms with E-state index in [9.17, 15) is 4.79 Å². The average molecular weight is 438 g/mol. The molecule has 5 rings (SSSR count). The van der Waals surface area contributed by atoms with Crippen LogP contribution in [0.3, 0.4) is 0 Å². The Morgan fingerprint density at radius 3 is 2.74 bits per heavy atom. The van der Waals surface area contributed by atoms with Crippen molar-refractivity contribution in [1.82, 2.24) is 19.8 Å². The van der Waals surface area contributed by atoms with E-state index in [1.165, 1.54) is 0 Å². The number of para-hydroxylation sites is 2. The van der Waals surface area contributed by atoms with Gasteiger partial charge in [-0.25, -0.2) is 4.98 Å². The fraction of sp³-hybridized carbons (Fsp3) is 0.417. The molecule has 1 atom stereocenters. The molecule has 0 radical (unpaired) electrons. The van der Waals surface area contributed by atoms with Crippen LogP contribution < -0.4 is 4.90 Å². The van der Waals surface area contributed by atoms with Gasteiger partial charge in [-0.2, -0.15) is 0 Å². The molecule has 162 valence electrons. The summed E-state index contributed by atoms with van der Waals surface area (Å²) in [5, 5.41) is 0.679. The van der Waals surface area contributed by atoms with Crippen LogP contribution in [0.15, 0.2) is 42.5 Å². The van der Waals surface area contributed by atoms with Crippen molar-refractivity contribution in [2.24, 2.45) is 0 Å². The summed E-state index contributed by atoms with van der Waals surface area (Å²) in [6.07, 6.45) is 3.06. The topological polar surface area (TPSA) is 55.5 Å². The molecular weight excluding hydrogens is 410 g/mol. The maximum absolute atomic E-state index is 13.0. The lowest BCUT2D eigenvalue weighted by molar-refractivity contribution is -0.135. The minimum Gasteiger partial charge on any atom is -0.370 e. The first kappa shape index (κ1) is 20.3. The first-order chi connectivity index (χ1) is 15.1. The number of anilines is 1. The number of hydrogen-bond donors (Lipinski definition) is 1. The maximum Gasteiger partial charge on any atom is 0.239 e. The van der Waals surface area contributed by atoms with Crippen LogP contribution >= 0.6 is 11.6 Å². The monoisotopic (exact) mass is 437 g/mol. The van der Waals surface area contributed by atoms with Gasteiger partial charge >= 0.3 is 0 Å². The van der Waals surface area contributed by atoms with Crippen molar-refractivity contribution in [1.29, 1.82) is 0 Å². The van der Waals surface area contributed by atoms with E-state index in [4.69, 9.17) is 16.6 Å². The molecule has 3 heterocycles. The van der Waals surface area contributed by atoms with E-state index in [2.05, 4.69) is 38.9 Å². The molecule has 0 spiro atoms. The van der Waals surface area contributed by atoms with E-state index >= 15 is 0 Å². The van der Waals surface area contributed by atoms with Gasteiger partial charge in [-0.3, -0.25) is 9.69 Å². The highest BCUT2D eigenvalue weighted by Gasteiger charge is 2.32. The quantitative estimate of drug-likeness (QED) is 0.672. The summed E-state index contributed by atoms with van der Waals surface area (Å²) >= 11 is 6.54. The number of carbonyl (C=O) groups is 1. The predicted molar refractivity (Wildman–Crippen MR) is 126 cm³/mol. The number of nitrogens with zero attached hydrogens (tertiary/aromatic N) is 4. The van der Waals surface area contributed by atoms with Crippen LogP contribution in [0.5, 0.6) is 0 Å². The Balaban J connectivity index is 1.34. The molecule has 2 aliphatic rings. The number of fused-ring (bicyclic) bond motifs is 1. The normalized spacial score (nSPS) is 20.4. The Kier molecular flexibility index (Phi) is 5.59. The third-order valence-corrected chi connectivity index (χ3v) is 6.90. The first-order valence-corrected chi connectivity index (χ1v) is 11.5. The fourth-order valence-electron chi connectivity index (χ4n) is 4.80. The highest BCUT2D eigenvalue weighted by molar-refractivity contribution is 6.33. The van der Waals surface area contributed by atoms with Crippen molar-refractivity contribution in [3.8, 4) is 11.4 Å². The third-order valence-electron chi connectivity index (χ3n) is 6.57. The maximum atomic E-state index is 13.0. The number of imidazole rings is 1. The molecule has 2 aliphatic heterocycles. The Morgan fingerprint density at radius 2 is 1.94 bits per heavy atom. The molecule has 2 saturated heterocycles. The minimum absolute atomic E-state index is 0.0572. The molecule has 0 bridgehead atoms. The SMILES string of the molecule is CN1CCC[C@@H]1C(=O)N1CCCN(c2ccc(Cl)c(-c3nc4ccccc4[nH]3)c2)CC1. The Bertz CT molecular complexity index is 1060. The number of benzene rings is 2. The summed E-state index contributed by atoms with van der Waals surface area (Å²) in [6.45, 7) is 4.34. The van der Waals surface area contributed by atoms with E-state index in [0.717, 1.165) is 80.1 Å². The van der Waals surface area contributed by atoms with E-state index in [1.54, 1.807) is 0 Å². The molecule has 0 saturated carbocycles. The molecule has 0 aliphatic carbocycles. The number of likely N-dealkylation sites (tertiary alicyclic amines) is 1. The number of aromatic nitrogens is 2. The van der Waals surface area contributed by atoms with Gasteiger partial charge in [0.1, 0.15) is 5.82 Å². The second-order valence-electron chi connectivity index (χ2n) is 8.57. The number of carbonyl (C=O) groups excluding carboxylic acids is 1. The molecule has 1 N–H and O–H groups in total. The average Bonchev–Trinajstić information content (AvgIpc) is 3.32. The number of H-pyrrole nitrogens is 1. The molecule has 2 fully saturated rings. The minimum atomic E-state index is 0.0572. The summed E-state index contributed by atoms with van der Waals surface area (Å²) in [5.74, 6) is 1.07. The molecule has 6 nitrogen and oxygen atoms in total. The van der Waals surface area contributed by atoms with Crippen molar-refractivity contribution >= 4 is 34.2 Å². The van der Waals surface area contributed by atoms with E-state index in [1.807, 2.05) is 30.3 Å². The van der Waals surface area contributed by atoms with Gasteiger partial charge in [0.25, 0.3) is 0 Å². The Morgan fingerprint density at radius 1 is 1.06 bits per heavy atom. The van der Waals surface area contributed by atoms with Crippen LogP contribution in [-0.4, -0.2) is 71.5 Å². The van der Waals surface area contributed by atoms with Crippen LogP contribution in [0.2, 0.25) is 5.02 Å². The van der Waals surface area contributed by atoms with Crippen LogP contribution in [0.4, 0.5) is 5.69 Å². The summed E-state index contributed by atoms with van der Waals surface area (Å²) in [5.41, 5.74) is 3.95. The number of likely N-dealkylation sites (N-methyl/N-ethyl adjacent to an activating group) is 1. The lowest BCUT2D eigenvalue weighted by Crippen LogP contribution is -2.45.